The third-order valence-corrected chi connectivity index (χ3v) is 17.2. The molecule has 9 nitrogen and oxygen atoms in total. The van der Waals surface area contributed by atoms with Crippen molar-refractivity contribution in [1.82, 2.24) is 0 Å². The molecule has 0 saturated carbocycles. The third kappa shape index (κ3) is 81.6. The van der Waals surface area contributed by atoms with E-state index >= 15 is 0 Å². The highest BCUT2D eigenvalue weighted by Gasteiger charge is 2.25. The van der Waals surface area contributed by atoms with E-state index in [1.165, 1.54) is 154 Å². The van der Waals surface area contributed by atoms with Gasteiger partial charge in [0.25, 0.3) is 6.29 Å². The maximum absolute atomic E-state index is 13.0. The first-order valence-electron chi connectivity index (χ1n) is 40.9. The topological polar surface area (TPSA) is 108 Å². The molecule has 572 valence electrons. The second kappa shape index (κ2) is 80.1. The molecular formula is C92H152NO8+. The van der Waals surface area contributed by atoms with Crippen LogP contribution in [0.2, 0.25) is 0 Å². The Balaban J connectivity index is 4.07. The lowest BCUT2D eigenvalue weighted by Gasteiger charge is -2.25. The van der Waals surface area contributed by atoms with Crippen LogP contribution in [0.4, 0.5) is 0 Å². The number of nitrogens with zero attached hydrogens (tertiary/aromatic N) is 1. The van der Waals surface area contributed by atoms with E-state index in [2.05, 4.69) is 196 Å². The molecule has 0 fully saturated rings. The fourth-order valence-electron chi connectivity index (χ4n) is 11.0. The molecule has 0 aliphatic rings. The summed E-state index contributed by atoms with van der Waals surface area (Å²) in [5.74, 6) is -2.01. The molecule has 0 aliphatic carbocycles. The van der Waals surface area contributed by atoms with Crippen LogP contribution in [0, 0.1) is 0 Å². The van der Waals surface area contributed by atoms with Gasteiger partial charge in [-0.2, -0.15) is 0 Å². The molecule has 0 amide bonds. The lowest BCUT2D eigenvalue weighted by atomic mass is 10.0. The maximum atomic E-state index is 13.0. The Bertz CT molecular complexity index is 2330. The number of carbonyl (C=O) groups excluding carboxylic acids is 2. The molecule has 101 heavy (non-hydrogen) atoms. The van der Waals surface area contributed by atoms with Gasteiger partial charge in [0.2, 0.25) is 0 Å². The number of carboxylic acid groups (broad SMARTS) is 1. The second-order valence-electron chi connectivity index (χ2n) is 28.0. The number of rotatable bonds is 74. The van der Waals surface area contributed by atoms with Gasteiger partial charge in [0.05, 0.1) is 34.4 Å². The highest BCUT2D eigenvalue weighted by atomic mass is 16.7. The van der Waals surface area contributed by atoms with Crippen LogP contribution in [0.25, 0.3) is 0 Å². The number of unbranched alkanes of at least 4 members (excludes halogenated alkanes) is 29. The van der Waals surface area contributed by atoms with Gasteiger partial charge in [-0.25, -0.2) is 4.79 Å². The van der Waals surface area contributed by atoms with Crippen molar-refractivity contribution in [3.05, 3.63) is 182 Å². The number of allylic oxidation sites excluding steroid dienone is 30. The number of ether oxygens (including phenoxy) is 4. The molecule has 0 radical (unpaired) electrons. The predicted molar refractivity (Wildman–Crippen MR) is 437 cm³/mol. The van der Waals surface area contributed by atoms with Gasteiger partial charge in [-0.1, -0.05) is 357 Å². The van der Waals surface area contributed by atoms with Crippen LogP contribution in [-0.4, -0.2) is 87.4 Å². The van der Waals surface area contributed by atoms with Gasteiger partial charge >= 0.3 is 17.9 Å². The SMILES string of the molecule is CC/C=C\C/C=C\C/C=C\C/C=C\C/C=C\C/C=C\C/C=C\C/C=C\CCCCCCCCCCCCCCC(=O)OC(COC(=O)CCCCCCCCCCCCCCCCCCC/C=C\C/C=C\C/C=C\C/C=C\C/C=C\C/C=C\C/C=C\CC)COC(OCC[N+](C)(C)C)C(=O)O. The minimum Gasteiger partial charge on any atom is -0.477 e. The fourth-order valence-corrected chi connectivity index (χ4v) is 11.0. The van der Waals surface area contributed by atoms with E-state index in [1.54, 1.807) is 0 Å². The molecule has 0 aromatic carbocycles. The molecule has 2 atom stereocenters. The standard InChI is InChI=1S/C92H151NO8/c1-6-8-10-12-14-16-18-20-22-24-26-28-30-32-34-36-38-40-42-44-45-47-48-50-52-54-56-58-60-62-64-66-68-70-72-74-76-78-80-82-89(94)99-86-88(87-100-92(91(96)97)98-85-84-93(3,4)5)101-90(95)83-81-79-77-75-73-71-69-67-65-63-61-59-57-55-53-51-49-46-43-41-39-37-35-33-31-29-27-25-23-21-19-17-15-13-11-9-7-2/h8-11,14-17,20-23,26-29,32-35,38-41,44-46,49,53,55,88,92H,6-7,12-13,18-19,24-25,30-31,36-37,42-43,47-48,50-52,54,56-87H2,1-5H3/p+1/b10-8-,11-9-,16-14-,17-15-,22-20-,23-21-,28-26-,29-27-,34-32-,35-33-,40-38-,41-39-,45-44-,49-46-,55-53-. The van der Waals surface area contributed by atoms with Gasteiger partial charge in [0, 0.05) is 12.8 Å². The van der Waals surface area contributed by atoms with Crippen LogP contribution in [0.15, 0.2) is 182 Å². The first-order valence-corrected chi connectivity index (χ1v) is 40.9. The van der Waals surface area contributed by atoms with Crippen LogP contribution in [-0.2, 0) is 33.3 Å². The van der Waals surface area contributed by atoms with Gasteiger partial charge in [0.15, 0.2) is 6.10 Å². The maximum Gasteiger partial charge on any atom is 0.361 e. The number of carbonyl (C=O) groups is 3. The molecule has 0 rings (SSSR count). The Kier molecular flexibility index (Phi) is 75.6. The highest BCUT2D eigenvalue weighted by Crippen LogP contribution is 2.18. The minimum atomic E-state index is -1.52. The zero-order chi connectivity index (χ0) is 73.2. The van der Waals surface area contributed by atoms with Gasteiger partial charge < -0.3 is 28.5 Å². The molecule has 1 N–H and O–H groups in total. The van der Waals surface area contributed by atoms with Crippen LogP contribution < -0.4 is 0 Å². The third-order valence-electron chi connectivity index (χ3n) is 17.2. The van der Waals surface area contributed by atoms with E-state index in [0.29, 0.717) is 23.9 Å². The molecule has 2 unspecified atom stereocenters. The van der Waals surface area contributed by atoms with Crippen molar-refractivity contribution in [2.45, 2.75) is 334 Å². The number of aliphatic carboxylic acids is 1. The Hall–Kier alpha value is -5.61. The Morgan fingerprint density at radius 2 is 0.535 bits per heavy atom. The normalized spacial score (nSPS) is 13.6. The monoisotopic (exact) mass is 1400 g/mol. The Morgan fingerprint density at radius 1 is 0.297 bits per heavy atom. The van der Waals surface area contributed by atoms with E-state index in [-0.39, 0.29) is 32.2 Å². The van der Waals surface area contributed by atoms with Crippen molar-refractivity contribution in [2.75, 3.05) is 47.5 Å². The summed E-state index contributed by atoms with van der Waals surface area (Å²) < 4.78 is 23.1. The number of hydrogen-bond donors (Lipinski definition) is 1. The number of quaternary nitrogens is 1. The first kappa shape index (κ1) is 95.4. The van der Waals surface area contributed by atoms with Crippen LogP contribution >= 0.6 is 0 Å². The van der Waals surface area contributed by atoms with Crippen molar-refractivity contribution < 1.29 is 42.9 Å². The van der Waals surface area contributed by atoms with Gasteiger partial charge in [-0.3, -0.25) is 9.59 Å². The van der Waals surface area contributed by atoms with Crippen LogP contribution in [0.3, 0.4) is 0 Å². The van der Waals surface area contributed by atoms with Crippen molar-refractivity contribution in [3.63, 3.8) is 0 Å². The molecule has 0 saturated heterocycles. The molecule has 0 aromatic rings. The average Bonchev–Trinajstić information content (AvgIpc) is 1.25. The molecule has 0 aromatic heterocycles. The average molecular weight is 1400 g/mol. The van der Waals surface area contributed by atoms with E-state index in [0.717, 1.165) is 135 Å². The first-order chi connectivity index (χ1) is 49.6. The zero-order valence-electron chi connectivity index (χ0n) is 65.5. The highest BCUT2D eigenvalue weighted by molar-refractivity contribution is 5.71. The minimum absolute atomic E-state index is 0.181. The van der Waals surface area contributed by atoms with E-state index in [9.17, 15) is 19.5 Å². The van der Waals surface area contributed by atoms with Crippen LogP contribution in [0.5, 0.6) is 0 Å². The van der Waals surface area contributed by atoms with Crippen molar-refractivity contribution in [3.8, 4) is 0 Å². The molecule has 0 aliphatic heterocycles. The number of hydrogen-bond acceptors (Lipinski definition) is 7. The lowest BCUT2D eigenvalue weighted by molar-refractivity contribution is -0.870. The molecule has 0 spiro atoms. The molecule has 9 heteroatoms. The summed E-state index contributed by atoms with van der Waals surface area (Å²) in [6.45, 7) is 4.66. The molecule has 0 bridgehead atoms. The largest absolute Gasteiger partial charge is 0.477 e. The predicted octanol–water partition coefficient (Wildman–Crippen LogP) is 26.7. The summed E-state index contributed by atoms with van der Waals surface area (Å²) in [5.41, 5.74) is 0. The van der Waals surface area contributed by atoms with E-state index in [4.69, 9.17) is 18.9 Å². The lowest BCUT2D eigenvalue weighted by Crippen LogP contribution is -2.40. The van der Waals surface area contributed by atoms with Crippen LogP contribution in [0.1, 0.15) is 322 Å². The number of likely N-dealkylation sites (N-methyl/N-ethyl adjacent to an activating group) is 1. The number of esters is 2. The second-order valence-corrected chi connectivity index (χ2v) is 28.0. The summed E-state index contributed by atoms with van der Waals surface area (Å²) in [6, 6.07) is 0. The van der Waals surface area contributed by atoms with Gasteiger partial charge in [0.1, 0.15) is 13.2 Å². The van der Waals surface area contributed by atoms with Crippen molar-refractivity contribution >= 4 is 17.9 Å². The smallest absolute Gasteiger partial charge is 0.361 e. The van der Waals surface area contributed by atoms with Gasteiger partial charge in [-0.15, -0.1) is 0 Å². The van der Waals surface area contributed by atoms with Gasteiger partial charge in [-0.05, 0) is 135 Å². The summed E-state index contributed by atoms with van der Waals surface area (Å²) in [4.78, 5) is 37.8. The molecular weight excluding hydrogens is 1250 g/mol. The van der Waals surface area contributed by atoms with E-state index in [1.807, 2.05) is 21.1 Å². The Labute approximate surface area is 621 Å². The summed E-state index contributed by atoms with van der Waals surface area (Å²) in [6.07, 6.45) is 119. The quantitative estimate of drug-likeness (QED) is 0.0211. The molecule has 0 heterocycles. The summed E-state index contributed by atoms with van der Waals surface area (Å²) in [7, 11) is 5.98. The van der Waals surface area contributed by atoms with E-state index < -0.39 is 24.3 Å². The fraction of sp³-hybridized carbons (Fsp3) is 0.641. The Morgan fingerprint density at radius 3 is 0.792 bits per heavy atom. The van der Waals surface area contributed by atoms with Crippen molar-refractivity contribution in [2.24, 2.45) is 0 Å². The zero-order valence-corrected chi connectivity index (χ0v) is 65.5. The van der Waals surface area contributed by atoms with Crippen molar-refractivity contribution in [1.29, 1.82) is 0 Å². The number of carboxylic acids is 1. The summed E-state index contributed by atoms with van der Waals surface area (Å²) >= 11 is 0. The summed E-state index contributed by atoms with van der Waals surface area (Å²) in [5, 5.41) is 9.78.